The van der Waals surface area contributed by atoms with Crippen molar-refractivity contribution in [3.63, 3.8) is 0 Å². The van der Waals surface area contributed by atoms with Gasteiger partial charge in [0.25, 0.3) is 0 Å². The van der Waals surface area contributed by atoms with Crippen LogP contribution in [0.25, 0.3) is 0 Å². The summed E-state index contributed by atoms with van der Waals surface area (Å²) in [5.74, 6) is 0. The number of thioether (sulfide) groups is 1. The van der Waals surface area contributed by atoms with E-state index in [0.717, 1.165) is 29.7 Å². The number of nitrogens with one attached hydrogen (secondary N) is 1. The third kappa shape index (κ3) is 2.42. The average Bonchev–Trinajstić information content (AvgIpc) is 2.21. The van der Waals surface area contributed by atoms with Gasteiger partial charge in [-0.1, -0.05) is 0 Å². The largest absolute Gasteiger partial charge is 0.365 e. The monoisotopic (exact) mass is 194 g/mol. The Morgan fingerprint density at radius 3 is 3.08 bits per heavy atom. The Morgan fingerprint density at radius 1 is 1.38 bits per heavy atom. The molecule has 13 heavy (non-hydrogen) atoms. The van der Waals surface area contributed by atoms with Crippen LogP contribution in [0.3, 0.4) is 0 Å². The Hall–Kier alpha value is -1.10. The molecule has 5 heteroatoms. The van der Waals surface area contributed by atoms with Crippen LogP contribution in [0.1, 0.15) is 6.42 Å². The van der Waals surface area contributed by atoms with E-state index in [4.69, 9.17) is 0 Å². The number of hydrogen-bond acceptors (Lipinski definition) is 5. The molecule has 0 unspecified atom stereocenters. The molecule has 0 saturated carbocycles. The fourth-order valence-electron chi connectivity index (χ4n) is 1.02. The molecule has 0 amide bonds. The van der Waals surface area contributed by atoms with Crippen LogP contribution >= 0.6 is 11.8 Å². The van der Waals surface area contributed by atoms with Crippen LogP contribution in [-0.2, 0) is 0 Å². The van der Waals surface area contributed by atoms with Crippen LogP contribution in [-0.4, -0.2) is 28.2 Å². The summed E-state index contributed by atoms with van der Waals surface area (Å²) in [6.45, 7) is 1.92. The highest BCUT2D eigenvalue weighted by molar-refractivity contribution is 8.13. The molecule has 0 atom stereocenters. The van der Waals surface area contributed by atoms with Crippen LogP contribution in [0, 0.1) is 0 Å². The van der Waals surface area contributed by atoms with Gasteiger partial charge in [-0.25, -0.2) is 4.98 Å². The minimum atomic E-state index is 0.885. The van der Waals surface area contributed by atoms with E-state index in [2.05, 4.69) is 20.3 Å². The molecule has 0 fully saturated rings. The summed E-state index contributed by atoms with van der Waals surface area (Å²) in [6.07, 6.45) is 6.21. The SMILES string of the molecule is c1cnc(SC2=NCCCN2)cn1. The van der Waals surface area contributed by atoms with E-state index in [1.54, 1.807) is 18.6 Å². The van der Waals surface area contributed by atoms with Gasteiger partial charge in [-0.05, 0) is 18.2 Å². The summed E-state index contributed by atoms with van der Waals surface area (Å²) in [5.41, 5.74) is 0. The first-order chi connectivity index (χ1) is 6.45. The quantitative estimate of drug-likeness (QED) is 0.722. The van der Waals surface area contributed by atoms with Crippen LogP contribution in [0.4, 0.5) is 0 Å². The molecule has 2 heterocycles. The zero-order valence-electron chi connectivity index (χ0n) is 7.10. The third-order valence-electron chi connectivity index (χ3n) is 1.61. The molecule has 1 aromatic rings. The van der Waals surface area contributed by atoms with Crippen molar-refractivity contribution in [2.75, 3.05) is 13.1 Å². The number of nitrogens with zero attached hydrogens (tertiary/aromatic N) is 3. The molecule has 0 aromatic carbocycles. The van der Waals surface area contributed by atoms with Crippen LogP contribution in [0.2, 0.25) is 0 Å². The highest BCUT2D eigenvalue weighted by atomic mass is 32.2. The first-order valence-electron chi connectivity index (χ1n) is 4.17. The second-order valence-electron chi connectivity index (χ2n) is 2.61. The van der Waals surface area contributed by atoms with Crippen LogP contribution in [0.5, 0.6) is 0 Å². The fourth-order valence-corrected chi connectivity index (χ4v) is 1.77. The zero-order valence-corrected chi connectivity index (χ0v) is 7.92. The molecular weight excluding hydrogens is 184 g/mol. The maximum atomic E-state index is 4.33. The smallest absolute Gasteiger partial charge is 0.162 e. The average molecular weight is 194 g/mol. The maximum absolute atomic E-state index is 4.33. The molecule has 0 saturated heterocycles. The van der Waals surface area contributed by atoms with Gasteiger partial charge in [-0.2, -0.15) is 0 Å². The normalized spacial score (nSPS) is 16.2. The predicted octanol–water partition coefficient (Wildman–Crippen LogP) is 0.918. The molecule has 4 nitrogen and oxygen atoms in total. The lowest BCUT2D eigenvalue weighted by atomic mass is 10.4. The second kappa shape index (κ2) is 4.23. The highest BCUT2D eigenvalue weighted by Gasteiger charge is 2.06. The molecule has 0 bridgehead atoms. The van der Waals surface area contributed by atoms with Crippen molar-refractivity contribution >= 4 is 16.9 Å². The Labute approximate surface area is 80.9 Å². The minimum absolute atomic E-state index is 0.885. The van der Waals surface area contributed by atoms with E-state index in [1.807, 2.05) is 0 Å². The number of amidine groups is 1. The lowest BCUT2D eigenvalue weighted by Crippen LogP contribution is -2.26. The first-order valence-corrected chi connectivity index (χ1v) is 4.99. The molecule has 0 spiro atoms. The van der Waals surface area contributed by atoms with Gasteiger partial charge in [0.05, 0.1) is 6.20 Å². The number of rotatable bonds is 1. The van der Waals surface area contributed by atoms with E-state index in [0.29, 0.717) is 0 Å². The molecule has 1 aromatic heterocycles. The molecule has 1 N–H and O–H groups in total. The summed E-state index contributed by atoms with van der Waals surface area (Å²) in [6, 6.07) is 0. The van der Waals surface area contributed by atoms with Gasteiger partial charge >= 0.3 is 0 Å². The van der Waals surface area contributed by atoms with Crippen molar-refractivity contribution in [1.29, 1.82) is 0 Å². The molecular formula is C8H10N4S. The topological polar surface area (TPSA) is 50.2 Å². The first kappa shape index (κ1) is 8.50. The van der Waals surface area contributed by atoms with E-state index < -0.39 is 0 Å². The fraction of sp³-hybridized carbons (Fsp3) is 0.375. The highest BCUT2D eigenvalue weighted by Crippen LogP contribution is 2.15. The molecule has 1 aliphatic rings. The van der Waals surface area contributed by atoms with Gasteiger partial charge in [-0.15, -0.1) is 0 Å². The van der Waals surface area contributed by atoms with Gasteiger partial charge in [0, 0.05) is 25.5 Å². The van der Waals surface area contributed by atoms with Crippen molar-refractivity contribution in [3.05, 3.63) is 18.6 Å². The van der Waals surface area contributed by atoms with Crippen molar-refractivity contribution in [3.8, 4) is 0 Å². The van der Waals surface area contributed by atoms with Gasteiger partial charge in [0.15, 0.2) is 5.17 Å². The Kier molecular flexibility index (Phi) is 2.76. The lowest BCUT2D eigenvalue weighted by molar-refractivity contribution is 0.751. The van der Waals surface area contributed by atoms with Crippen molar-refractivity contribution in [2.24, 2.45) is 4.99 Å². The zero-order chi connectivity index (χ0) is 8.93. The molecule has 68 valence electrons. The van der Waals surface area contributed by atoms with Gasteiger partial charge in [-0.3, -0.25) is 9.98 Å². The van der Waals surface area contributed by atoms with E-state index >= 15 is 0 Å². The molecule has 0 aliphatic carbocycles. The van der Waals surface area contributed by atoms with E-state index in [-0.39, 0.29) is 0 Å². The molecule has 0 radical (unpaired) electrons. The van der Waals surface area contributed by atoms with Crippen LogP contribution in [0.15, 0.2) is 28.6 Å². The summed E-state index contributed by atoms with van der Waals surface area (Å²) in [7, 11) is 0. The van der Waals surface area contributed by atoms with E-state index in [9.17, 15) is 0 Å². The van der Waals surface area contributed by atoms with Crippen molar-refractivity contribution < 1.29 is 0 Å². The Bertz CT molecular complexity index is 298. The van der Waals surface area contributed by atoms with Crippen molar-refractivity contribution in [2.45, 2.75) is 11.4 Å². The van der Waals surface area contributed by atoms with Crippen LogP contribution < -0.4 is 5.32 Å². The second-order valence-corrected chi connectivity index (χ2v) is 3.62. The maximum Gasteiger partial charge on any atom is 0.162 e. The summed E-state index contributed by atoms with van der Waals surface area (Å²) >= 11 is 1.53. The summed E-state index contributed by atoms with van der Waals surface area (Å²) in [4.78, 5) is 12.5. The summed E-state index contributed by atoms with van der Waals surface area (Å²) < 4.78 is 0. The Morgan fingerprint density at radius 2 is 2.38 bits per heavy atom. The molecule has 1 aliphatic heterocycles. The number of aliphatic imine (C=N–C) groups is 1. The number of hydrogen-bond donors (Lipinski definition) is 1. The summed E-state index contributed by atoms with van der Waals surface area (Å²) in [5, 5.41) is 5.05. The minimum Gasteiger partial charge on any atom is -0.365 e. The van der Waals surface area contributed by atoms with Gasteiger partial charge in [0.1, 0.15) is 5.03 Å². The van der Waals surface area contributed by atoms with Gasteiger partial charge in [0.2, 0.25) is 0 Å². The third-order valence-corrected chi connectivity index (χ3v) is 2.49. The molecule has 2 rings (SSSR count). The van der Waals surface area contributed by atoms with Crippen molar-refractivity contribution in [1.82, 2.24) is 15.3 Å². The Balaban J connectivity index is 2.01. The standard InChI is InChI=1S/C8H10N4S/c1-2-11-8(12-3-1)13-7-6-9-4-5-10-7/h4-6H,1-3H2,(H,11,12). The lowest BCUT2D eigenvalue weighted by Gasteiger charge is -2.12. The van der Waals surface area contributed by atoms with E-state index in [1.165, 1.54) is 11.8 Å². The van der Waals surface area contributed by atoms with Gasteiger partial charge < -0.3 is 5.32 Å². The number of aromatic nitrogens is 2. The predicted molar refractivity (Wildman–Crippen MR) is 52.8 cm³/mol.